The van der Waals surface area contributed by atoms with Crippen molar-refractivity contribution in [1.29, 1.82) is 0 Å². The van der Waals surface area contributed by atoms with Crippen LogP contribution >= 0.6 is 15.9 Å². The van der Waals surface area contributed by atoms with Crippen LogP contribution in [0.3, 0.4) is 0 Å². The van der Waals surface area contributed by atoms with Gasteiger partial charge < -0.3 is 15.2 Å². The Morgan fingerprint density at radius 2 is 1.95 bits per heavy atom. The Morgan fingerprint density at radius 3 is 2.43 bits per heavy atom. The highest BCUT2D eigenvalue weighted by Gasteiger charge is 2.29. The van der Waals surface area contributed by atoms with Gasteiger partial charge in [0.2, 0.25) is 0 Å². The number of aliphatic carboxylic acids is 1. The van der Waals surface area contributed by atoms with E-state index in [1.54, 1.807) is 27.7 Å². The average molecular weight is 358 g/mol. The third kappa shape index (κ3) is 5.75. The summed E-state index contributed by atoms with van der Waals surface area (Å²) in [5, 5.41) is 11.8. The van der Waals surface area contributed by atoms with Crippen LogP contribution in [0.25, 0.3) is 0 Å². The van der Waals surface area contributed by atoms with E-state index in [0.717, 1.165) is 10.0 Å². The predicted molar refractivity (Wildman–Crippen MR) is 83.4 cm³/mol. The van der Waals surface area contributed by atoms with Gasteiger partial charge in [0, 0.05) is 10.4 Å². The number of rotatable bonds is 4. The largest absolute Gasteiger partial charge is 0.480 e. The summed E-state index contributed by atoms with van der Waals surface area (Å²) in [7, 11) is 0. The molecular formula is C15H20BrNO4. The fraction of sp³-hybridized carbons (Fsp3) is 0.467. The molecule has 1 aromatic carbocycles. The molecule has 0 aliphatic heterocycles. The fourth-order valence-corrected chi connectivity index (χ4v) is 2.23. The number of halogens is 1. The highest BCUT2D eigenvalue weighted by atomic mass is 79.9. The van der Waals surface area contributed by atoms with Crippen molar-refractivity contribution in [3.8, 4) is 0 Å². The Labute approximate surface area is 132 Å². The second-order valence-electron chi connectivity index (χ2n) is 5.81. The monoisotopic (exact) mass is 357 g/mol. The summed E-state index contributed by atoms with van der Waals surface area (Å²) in [6.45, 7) is 6.91. The minimum absolute atomic E-state index is 0.396. The zero-order valence-corrected chi connectivity index (χ0v) is 14.1. The van der Waals surface area contributed by atoms with Gasteiger partial charge >= 0.3 is 12.1 Å². The van der Waals surface area contributed by atoms with Crippen LogP contribution in [0.1, 0.15) is 39.2 Å². The molecule has 0 heterocycles. The third-order valence-corrected chi connectivity index (χ3v) is 3.31. The molecule has 0 aliphatic rings. The van der Waals surface area contributed by atoms with Gasteiger partial charge in [-0.25, -0.2) is 9.59 Å². The molecule has 1 amide bonds. The van der Waals surface area contributed by atoms with Gasteiger partial charge in [-0.2, -0.15) is 0 Å². The maximum absolute atomic E-state index is 11.8. The van der Waals surface area contributed by atoms with Crippen LogP contribution in [0, 0.1) is 0 Å². The van der Waals surface area contributed by atoms with Gasteiger partial charge in [-0.3, -0.25) is 0 Å². The van der Waals surface area contributed by atoms with Gasteiger partial charge in [-0.05, 0) is 38.5 Å². The number of benzene rings is 1. The Morgan fingerprint density at radius 1 is 1.33 bits per heavy atom. The lowest BCUT2D eigenvalue weighted by Gasteiger charge is -2.25. The number of carboxylic acid groups (broad SMARTS) is 1. The molecular weight excluding hydrogens is 338 g/mol. The number of carbonyl (C=O) groups is 2. The Bertz CT molecular complexity index is 525. The zero-order valence-electron chi connectivity index (χ0n) is 12.5. The van der Waals surface area contributed by atoms with Crippen molar-refractivity contribution in [3.05, 3.63) is 34.3 Å². The summed E-state index contributed by atoms with van der Waals surface area (Å²) in [4.78, 5) is 23.2. The quantitative estimate of drug-likeness (QED) is 0.863. The Kier molecular flexibility index (Phi) is 5.78. The molecule has 6 heteroatoms. The van der Waals surface area contributed by atoms with E-state index in [1.165, 1.54) is 0 Å². The van der Waals surface area contributed by atoms with E-state index >= 15 is 0 Å². The number of alkyl carbamates (subject to hydrolysis) is 1. The minimum Gasteiger partial charge on any atom is -0.480 e. The second-order valence-corrected chi connectivity index (χ2v) is 6.72. The molecule has 5 nitrogen and oxygen atoms in total. The van der Waals surface area contributed by atoms with Crippen molar-refractivity contribution in [3.63, 3.8) is 0 Å². The zero-order chi connectivity index (χ0) is 16.2. The summed E-state index contributed by atoms with van der Waals surface area (Å²) < 4.78 is 5.96. The van der Waals surface area contributed by atoms with Crippen LogP contribution in [0.2, 0.25) is 0 Å². The maximum Gasteiger partial charge on any atom is 0.408 e. The predicted octanol–water partition coefficient (Wildman–Crippen LogP) is 3.53. The van der Waals surface area contributed by atoms with Gasteiger partial charge in [-0.15, -0.1) is 0 Å². The first-order valence-electron chi connectivity index (χ1n) is 6.58. The van der Waals surface area contributed by atoms with Gasteiger partial charge in [0.05, 0.1) is 0 Å². The van der Waals surface area contributed by atoms with E-state index in [2.05, 4.69) is 21.2 Å². The molecule has 2 atom stereocenters. The number of nitrogens with one attached hydrogen (secondary N) is 1. The molecule has 21 heavy (non-hydrogen) atoms. The molecule has 0 saturated heterocycles. The lowest BCUT2D eigenvalue weighted by atomic mass is 9.93. The number of carboxylic acids is 1. The maximum atomic E-state index is 11.8. The lowest BCUT2D eigenvalue weighted by Crippen LogP contribution is -2.46. The number of ether oxygens (including phenoxy) is 1. The smallest absolute Gasteiger partial charge is 0.408 e. The third-order valence-electron chi connectivity index (χ3n) is 2.81. The van der Waals surface area contributed by atoms with E-state index in [4.69, 9.17) is 4.74 Å². The molecule has 2 unspecified atom stereocenters. The van der Waals surface area contributed by atoms with Crippen LogP contribution in [0.15, 0.2) is 28.7 Å². The summed E-state index contributed by atoms with van der Waals surface area (Å²) in [6, 6.07) is 6.27. The van der Waals surface area contributed by atoms with Crippen molar-refractivity contribution in [2.45, 2.75) is 45.3 Å². The number of carbonyl (C=O) groups excluding carboxylic acids is 1. The van der Waals surface area contributed by atoms with Crippen LogP contribution in [0.4, 0.5) is 4.79 Å². The van der Waals surface area contributed by atoms with Crippen LogP contribution in [-0.2, 0) is 9.53 Å². The summed E-state index contributed by atoms with van der Waals surface area (Å²) in [5.41, 5.74) is 0.138. The Balaban J connectivity index is 2.87. The summed E-state index contributed by atoms with van der Waals surface area (Å²) >= 11 is 3.35. The number of hydrogen-bond acceptors (Lipinski definition) is 3. The van der Waals surface area contributed by atoms with E-state index < -0.39 is 29.6 Å². The molecule has 0 fully saturated rings. The van der Waals surface area contributed by atoms with Crippen LogP contribution < -0.4 is 5.32 Å². The van der Waals surface area contributed by atoms with Crippen molar-refractivity contribution < 1.29 is 19.4 Å². The Hall–Kier alpha value is -1.56. The molecule has 0 radical (unpaired) electrons. The SMILES string of the molecule is CC(c1cccc(Br)c1)C(NC(=O)OC(C)(C)C)C(=O)O. The van der Waals surface area contributed by atoms with Crippen LogP contribution in [-0.4, -0.2) is 28.8 Å². The molecule has 0 aromatic heterocycles. The minimum atomic E-state index is -1.10. The highest BCUT2D eigenvalue weighted by molar-refractivity contribution is 9.10. The molecule has 2 N–H and O–H groups in total. The van der Waals surface area contributed by atoms with Gasteiger partial charge in [0.25, 0.3) is 0 Å². The standard InChI is InChI=1S/C15H20BrNO4/c1-9(10-6-5-7-11(16)8-10)12(13(18)19)17-14(20)21-15(2,3)4/h5-9,12H,1-4H3,(H,17,20)(H,18,19). The summed E-state index contributed by atoms with van der Waals surface area (Å²) in [6.07, 6.45) is -0.739. The fourth-order valence-electron chi connectivity index (χ4n) is 1.82. The van der Waals surface area contributed by atoms with E-state index in [-0.39, 0.29) is 0 Å². The number of hydrogen-bond donors (Lipinski definition) is 2. The van der Waals surface area contributed by atoms with Gasteiger partial charge in [0.1, 0.15) is 11.6 Å². The van der Waals surface area contributed by atoms with Crippen LogP contribution in [0.5, 0.6) is 0 Å². The lowest BCUT2D eigenvalue weighted by molar-refractivity contribution is -0.140. The molecule has 116 valence electrons. The molecule has 1 rings (SSSR count). The second kappa shape index (κ2) is 6.93. The van der Waals surface area contributed by atoms with Crippen molar-refractivity contribution in [2.24, 2.45) is 0 Å². The highest BCUT2D eigenvalue weighted by Crippen LogP contribution is 2.23. The van der Waals surface area contributed by atoms with Crippen molar-refractivity contribution in [2.75, 3.05) is 0 Å². The van der Waals surface area contributed by atoms with Crippen molar-refractivity contribution >= 4 is 28.0 Å². The molecule has 0 saturated carbocycles. The molecule has 0 spiro atoms. The normalized spacial score (nSPS) is 14.1. The van der Waals surface area contributed by atoms with Gasteiger partial charge in [0.15, 0.2) is 0 Å². The molecule has 0 aliphatic carbocycles. The first kappa shape index (κ1) is 17.5. The van der Waals surface area contributed by atoms with E-state index in [1.807, 2.05) is 24.3 Å². The average Bonchev–Trinajstić information content (AvgIpc) is 2.32. The van der Waals surface area contributed by atoms with E-state index in [0.29, 0.717) is 0 Å². The first-order valence-corrected chi connectivity index (χ1v) is 7.37. The number of amides is 1. The van der Waals surface area contributed by atoms with E-state index in [9.17, 15) is 14.7 Å². The topological polar surface area (TPSA) is 75.6 Å². The van der Waals surface area contributed by atoms with Gasteiger partial charge in [-0.1, -0.05) is 35.0 Å². The molecule has 1 aromatic rings. The van der Waals surface area contributed by atoms with Crippen molar-refractivity contribution in [1.82, 2.24) is 5.32 Å². The first-order chi connectivity index (χ1) is 9.60. The molecule has 0 bridgehead atoms. The summed E-state index contributed by atoms with van der Waals surface area (Å²) in [5.74, 6) is -1.50.